The maximum absolute atomic E-state index is 12.7. The van der Waals surface area contributed by atoms with Crippen LogP contribution in [0.4, 0.5) is 24.7 Å². The second-order valence-corrected chi connectivity index (χ2v) is 5.71. The molecule has 0 aliphatic heterocycles. The highest BCUT2D eigenvalue weighted by atomic mass is 79.9. The van der Waals surface area contributed by atoms with Gasteiger partial charge in [-0.25, -0.2) is 4.98 Å². The molecule has 2 aromatic rings. The highest BCUT2D eigenvalue weighted by molar-refractivity contribution is 9.10. The van der Waals surface area contributed by atoms with Gasteiger partial charge in [0.1, 0.15) is 11.5 Å². The molecular formula is C14H11BrF3N3. The molecule has 1 N–H and O–H groups in total. The van der Waals surface area contributed by atoms with E-state index in [0.29, 0.717) is 16.1 Å². The van der Waals surface area contributed by atoms with Crippen molar-refractivity contribution in [1.82, 2.24) is 9.97 Å². The molecule has 0 spiro atoms. The number of pyridine rings is 2. The van der Waals surface area contributed by atoms with Crippen LogP contribution in [0.3, 0.4) is 0 Å². The number of rotatable bonds is 3. The molecule has 0 bridgehead atoms. The zero-order valence-electron chi connectivity index (χ0n) is 10.8. The molecule has 0 saturated heterocycles. The number of nitrogens with one attached hydrogen (secondary N) is 1. The maximum atomic E-state index is 12.7. The van der Waals surface area contributed by atoms with E-state index in [1.807, 2.05) is 0 Å². The van der Waals surface area contributed by atoms with Crippen LogP contribution in [0, 0.1) is 0 Å². The Morgan fingerprint density at radius 2 is 1.95 bits per heavy atom. The van der Waals surface area contributed by atoms with Gasteiger partial charge in [-0.05, 0) is 53.0 Å². The van der Waals surface area contributed by atoms with Crippen LogP contribution in [0.5, 0.6) is 0 Å². The first-order valence-electron chi connectivity index (χ1n) is 6.41. The van der Waals surface area contributed by atoms with Gasteiger partial charge < -0.3 is 5.32 Å². The highest BCUT2D eigenvalue weighted by Crippen LogP contribution is 2.43. The summed E-state index contributed by atoms with van der Waals surface area (Å²) < 4.78 is 38.7. The number of halogens is 4. The number of alkyl halides is 3. The number of hydrogen-bond donors (Lipinski definition) is 1. The van der Waals surface area contributed by atoms with Crippen molar-refractivity contribution in [2.75, 3.05) is 5.32 Å². The molecule has 2 heterocycles. The van der Waals surface area contributed by atoms with Gasteiger partial charge >= 0.3 is 6.18 Å². The third kappa shape index (κ3) is 3.18. The van der Waals surface area contributed by atoms with E-state index in [1.165, 1.54) is 6.07 Å². The summed E-state index contributed by atoms with van der Waals surface area (Å²) in [7, 11) is 0. The van der Waals surface area contributed by atoms with Gasteiger partial charge in [0, 0.05) is 12.1 Å². The van der Waals surface area contributed by atoms with Crippen LogP contribution >= 0.6 is 15.9 Å². The van der Waals surface area contributed by atoms with E-state index in [1.54, 1.807) is 18.3 Å². The van der Waals surface area contributed by atoms with Crippen molar-refractivity contribution in [3.05, 3.63) is 46.3 Å². The van der Waals surface area contributed by atoms with Crippen molar-refractivity contribution in [2.45, 2.75) is 24.9 Å². The molecule has 1 fully saturated rings. The van der Waals surface area contributed by atoms with E-state index in [-0.39, 0.29) is 5.82 Å². The Bertz CT molecular complexity index is 669. The normalized spacial score (nSPS) is 15.0. The molecular weight excluding hydrogens is 347 g/mol. The molecule has 7 heteroatoms. The predicted molar refractivity (Wildman–Crippen MR) is 76.4 cm³/mol. The van der Waals surface area contributed by atoms with Crippen LogP contribution in [0.25, 0.3) is 0 Å². The summed E-state index contributed by atoms with van der Waals surface area (Å²) in [5.41, 5.74) is 0.654. The van der Waals surface area contributed by atoms with E-state index in [2.05, 4.69) is 31.2 Å². The van der Waals surface area contributed by atoms with Crippen LogP contribution in [0.1, 0.15) is 30.1 Å². The van der Waals surface area contributed by atoms with Crippen molar-refractivity contribution >= 4 is 27.4 Å². The molecule has 0 aromatic carbocycles. The van der Waals surface area contributed by atoms with Gasteiger partial charge in [0.15, 0.2) is 0 Å². The van der Waals surface area contributed by atoms with Gasteiger partial charge in [-0.15, -0.1) is 0 Å². The van der Waals surface area contributed by atoms with Crippen LogP contribution in [-0.2, 0) is 6.18 Å². The largest absolute Gasteiger partial charge is 0.433 e. The SMILES string of the molecule is FC(F)(F)c1ccc(Br)c(Nc2cccnc2C2CC2)n1. The van der Waals surface area contributed by atoms with Crippen molar-refractivity contribution in [1.29, 1.82) is 0 Å². The first kappa shape index (κ1) is 14.3. The van der Waals surface area contributed by atoms with Gasteiger partial charge in [-0.1, -0.05) is 0 Å². The zero-order valence-corrected chi connectivity index (χ0v) is 12.4. The molecule has 0 atom stereocenters. The molecule has 0 unspecified atom stereocenters. The van der Waals surface area contributed by atoms with Gasteiger partial charge in [0.2, 0.25) is 0 Å². The standard InChI is InChI=1S/C14H11BrF3N3/c15-9-5-6-11(14(16,17)18)21-13(9)20-10-2-1-7-19-12(10)8-3-4-8/h1-2,5-8H,3-4H2,(H,20,21). The number of aromatic nitrogens is 2. The van der Waals surface area contributed by atoms with Gasteiger partial charge in [0.25, 0.3) is 0 Å². The maximum Gasteiger partial charge on any atom is 0.433 e. The fourth-order valence-electron chi connectivity index (χ4n) is 2.02. The third-order valence-electron chi connectivity index (χ3n) is 3.19. The summed E-state index contributed by atoms with van der Waals surface area (Å²) in [6, 6.07) is 5.83. The molecule has 0 radical (unpaired) electrons. The molecule has 21 heavy (non-hydrogen) atoms. The summed E-state index contributed by atoms with van der Waals surface area (Å²) in [5, 5.41) is 2.95. The second kappa shape index (κ2) is 5.29. The lowest BCUT2D eigenvalue weighted by Crippen LogP contribution is -2.10. The lowest BCUT2D eigenvalue weighted by Gasteiger charge is -2.13. The van der Waals surface area contributed by atoms with E-state index >= 15 is 0 Å². The predicted octanol–water partition coefficient (Wildman–Crippen LogP) is 4.88. The van der Waals surface area contributed by atoms with E-state index < -0.39 is 11.9 Å². The first-order chi connectivity index (χ1) is 9.95. The highest BCUT2D eigenvalue weighted by Gasteiger charge is 2.33. The molecule has 110 valence electrons. The Balaban J connectivity index is 1.95. The van der Waals surface area contributed by atoms with E-state index in [4.69, 9.17) is 0 Å². The van der Waals surface area contributed by atoms with E-state index in [9.17, 15) is 13.2 Å². The zero-order chi connectivity index (χ0) is 15.0. The minimum atomic E-state index is -4.47. The lowest BCUT2D eigenvalue weighted by atomic mass is 10.2. The summed E-state index contributed by atoms with van der Waals surface area (Å²) in [6.07, 6.45) is -0.662. The second-order valence-electron chi connectivity index (χ2n) is 4.86. The smallest absolute Gasteiger partial charge is 0.338 e. The Kier molecular flexibility index (Phi) is 3.61. The minimum Gasteiger partial charge on any atom is -0.338 e. The summed E-state index contributed by atoms with van der Waals surface area (Å²) in [5.74, 6) is 0.526. The molecule has 0 amide bonds. The van der Waals surface area contributed by atoms with Crippen LogP contribution in [0.15, 0.2) is 34.9 Å². The van der Waals surface area contributed by atoms with E-state index in [0.717, 1.165) is 24.6 Å². The topological polar surface area (TPSA) is 37.8 Å². The van der Waals surface area contributed by atoms with Crippen molar-refractivity contribution < 1.29 is 13.2 Å². The molecule has 3 rings (SSSR count). The summed E-state index contributed by atoms with van der Waals surface area (Å²) in [6.45, 7) is 0. The molecule has 1 aliphatic carbocycles. The van der Waals surface area contributed by atoms with Crippen LogP contribution in [0.2, 0.25) is 0 Å². The Morgan fingerprint density at radius 3 is 2.62 bits per heavy atom. The number of nitrogens with zero attached hydrogens (tertiary/aromatic N) is 2. The third-order valence-corrected chi connectivity index (χ3v) is 3.83. The Hall–Kier alpha value is -1.63. The average molecular weight is 358 g/mol. The number of hydrogen-bond acceptors (Lipinski definition) is 3. The minimum absolute atomic E-state index is 0.139. The summed E-state index contributed by atoms with van der Waals surface area (Å²) in [4.78, 5) is 7.96. The fourth-order valence-corrected chi connectivity index (χ4v) is 2.34. The Labute approximate surface area is 127 Å². The quantitative estimate of drug-likeness (QED) is 0.850. The van der Waals surface area contributed by atoms with Gasteiger partial charge in [-0.2, -0.15) is 13.2 Å². The van der Waals surface area contributed by atoms with Gasteiger partial charge in [0.05, 0.1) is 15.9 Å². The van der Waals surface area contributed by atoms with Crippen LogP contribution < -0.4 is 5.32 Å². The van der Waals surface area contributed by atoms with Crippen molar-refractivity contribution in [3.8, 4) is 0 Å². The van der Waals surface area contributed by atoms with Crippen molar-refractivity contribution in [2.24, 2.45) is 0 Å². The first-order valence-corrected chi connectivity index (χ1v) is 7.20. The van der Waals surface area contributed by atoms with Crippen LogP contribution in [-0.4, -0.2) is 9.97 Å². The van der Waals surface area contributed by atoms with Gasteiger partial charge in [-0.3, -0.25) is 4.98 Å². The molecule has 1 aliphatic rings. The Morgan fingerprint density at radius 1 is 1.19 bits per heavy atom. The average Bonchev–Trinajstić information content (AvgIpc) is 3.25. The molecule has 1 saturated carbocycles. The summed E-state index contributed by atoms with van der Waals surface area (Å²) >= 11 is 3.22. The molecule has 3 nitrogen and oxygen atoms in total. The number of anilines is 2. The lowest BCUT2D eigenvalue weighted by molar-refractivity contribution is -0.141. The monoisotopic (exact) mass is 357 g/mol. The van der Waals surface area contributed by atoms with Crippen molar-refractivity contribution in [3.63, 3.8) is 0 Å². The fraction of sp³-hybridized carbons (Fsp3) is 0.286. The molecule has 2 aromatic heterocycles.